The van der Waals surface area contributed by atoms with Crippen molar-refractivity contribution in [3.05, 3.63) is 16.1 Å². The van der Waals surface area contributed by atoms with Gasteiger partial charge in [-0.15, -0.1) is 11.3 Å². The Morgan fingerprint density at radius 3 is 2.87 bits per heavy atom. The summed E-state index contributed by atoms with van der Waals surface area (Å²) in [5.74, 6) is 5.95. The Morgan fingerprint density at radius 2 is 2.40 bits per heavy atom. The predicted molar refractivity (Wildman–Crippen MR) is 63.6 cm³/mol. The van der Waals surface area contributed by atoms with E-state index in [9.17, 15) is 0 Å². The summed E-state index contributed by atoms with van der Waals surface area (Å²) in [7, 11) is 0. The van der Waals surface area contributed by atoms with Gasteiger partial charge in [0.25, 0.3) is 0 Å². The fourth-order valence-corrected chi connectivity index (χ4v) is 1.74. The number of rotatable bonds is 3. The Morgan fingerprint density at radius 1 is 1.67 bits per heavy atom. The Balaban J connectivity index is 2.58. The average Bonchev–Trinajstić information content (AvgIpc) is 2.58. The highest BCUT2D eigenvalue weighted by atomic mass is 32.1. The van der Waals surface area contributed by atoms with Crippen molar-refractivity contribution in [1.29, 1.82) is 0 Å². The van der Waals surface area contributed by atoms with Gasteiger partial charge in [-0.25, -0.2) is 15.8 Å². The standard InChI is InChI=1S/C9H17N5S/c1-6(2)13-9(14-10)11-4-8-7(3)12-5-15-8/h5-6H,4,10H2,1-3H3,(H2,11,13,14). The number of nitrogens with one attached hydrogen (secondary N) is 2. The first-order valence-corrected chi connectivity index (χ1v) is 5.68. The molecule has 0 aliphatic heterocycles. The Kier molecular flexibility index (Phi) is 4.51. The van der Waals surface area contributed by atoms with Crippen molar-refractivity contribution in [1.82, 2.24) is 15.7 Å². The zero-order valence-electron chi connectivity index (χ0n) is 9.24. The number of aliphatic imine (C=N–C) groups is 1. The van der Waals surface area contributed by atoms with E-state index in [1.54, 1.807) is 11.3 Å². The number of aromatic nitrogens is 1. The molecule has 15 heavy (non-hydrogen) atoms. The highest BCUT2D eigenvalue weighted by Gasteiger charge is 2.02. The van der Waals surface area contributed by atoms with Crippen LogP contribution in [0.25, 0.3) is 0 Å². The van der Waals surface area contributed by atoms with Crippen LogP contribution >= 0.6 is 11.3 Å². The van der Waals surface area contributed by atoms with Crippen LogP contribution in [0.4, 0.5) is 0 Å². The molecule has 0 radical (unpaired) electrons. The zero-order chi connectivity index (χ0) is 11.3. The van der Waals surface area contributed by atoms with Crippen molar-refractivity contribution < 1.29 is 0 Å². The van der Waals surface area contributed by atoms with E-state index in [0.29, 0.717) is 18.5 Å². The van der Waals surface area contributed by atoms with E-state index in [-0.39, 0.29) is 0 Å². The van der Waals surface area contributed by atoms with Gasteiger partial charge in [0.15, 0.2) is 0 Å². The Hall–Kier alpha value is -1.14. The van der Waals surface area contributed by atoms with Crippen LogP contribution in [0.3, 0.4) is 0 Å². The van der Waals surface area contributed by atoms with Gasteiger partial charge >= 0.3 is 0 Å². The summed E-state index contributed by atoms with van der Waals surface area (Å²) >= 11 is 1.61. The Labute approximate surface area is 93.8 Å². The molecule has 0 aliphatic rings. The fraction of sp³-hybridized carbons (Fsp3) is 0.556. The van der Waals surface area contributed by atoms with Crippen LogP contribution in [0.1, 0.15) is 24.4 Å². The van der Waals surface area contributed by atoms with Crippen LogP contribution < -0.4 is 16.6 Å². The van der Waals surface area contributed by atoms with Gasteiger partial charge in [-0.3, -0.25) is 5.43 Å². The molecule has 84 valence electrons. The molecule has 0 saturated carbocycles. The van der Waals surface area contributed by atoms with Crippen molar-refractivity contribution in [2.24, 2.45) is 10.8 Å². The van der Waals surface area contributed by atoms with E-state index in [2.05, 4.69) is 20.7 Å². The fourth-order valence-electron chi connectivity index (χ4n) is 1.04. The molecule has 0 saturated heterocycles. The van der Waals surface area contributed by atoms with E-state index < -0.39 is 0 Å². The van der Waals surface area contributed by atoms with Crippen LogP contribution in [0.5, 0.6) is 0 Å². The molecule has 0 fully saturated rings. The van der Waals surface area contributed by atoms with Crippen molar-refractivity contribution >= 4 is 17.3 Å². The van der Waals surface area contributed by atoms with E-state index >= 15 is 0 Å². The molecule has 0 aliphatic carbocycles. The molecular weight excluding hydrogens is 210 g/mol. The molecule has 0 bridgehead atoms. The SMILES string of the molecule is Cc1ncsc1CN=C(NN)NC(C)C. The number of aryl methyl sites for hydroxylation is 1. The lowest BCUT2D eigenvalue weighted by Gasteiger charge is -2.11. The molecule has 4 N–H and O–H groups in total. The zero-order valence-corrected chi connectivity index (χ0v) is 10.1. The number of nitrogens with zero attached hydrogens (tertiary/aromatic N) is 2. The molecule has 1 heterocycles. The van der Waals surface area contributed by atoms with Gasteiger partial charge in [-0.1, -0.05) is 0 Å². The molecule has 6 heteroatoms. The van der Waals surface area contributed by atoms with Gasteiger partial charge in [-0.2, -0.15) is 0 Å². The van der Waals surface area contributed by atoms with Crippen LogP contribution in [-0.4, -0.2) is 17.0 Å². The van der Waals surface area contributed by atoms with Crippen LogP contribution in [0, 0.1) is 6.92 Å². The number of hydrazine groups is 1. The molecule has 0 unspecified atom stereocenters. The monoisotopic (exact) mass is 227 g/mol. The maximum atomic E-state index is 5.34. The van der Waals surface area contributed by atoms with Gasteiger partial charge in [0.2, 0.25) is 5.96 Å². The third-order valence-corrected chi connectivity index (χ3v) is 2.71. The molecule has 5 nitrogen and oxygen atoms in total. The third-order valence-electron chi connectivity index (χ3n) is 1.79. The predicted octanol–water partition coefficient (Wildman–Crippen LogP) is 0.769. The lowest BCUT2D eigenvalue weighted by Crippen LogP contribution is -2.44. The first kappa shape index (κ1) is 11.9. The number of nitrogens with two attached hydrogens (primary N) is 1. The maximum absolute atomic E-state index is 5.34. The average molecular weight is 227 g/mol. The van der Waals surface area contributed by atoms with Crippen molar-refractivity contribution in [3.63, 3.8) is 0 Å². The second-order valence-corrected chi connectivity index (χ2v) is 4.41. The van der Waals surface area contributed by atoms with E-state index in [1.807, 2.05) is 26.3 Å². The van der Waals surface area contributed by atoms with Gasteiger partial charge in [0.1, 0.15) is 0 Å². The first-order valence-electron chi connectivity index (χ1n) is 4.80. The number of guanidine groups is 1. The number of hydrogen-bond acceptors (Lipinski definition) is 4. The lowest BCUT2D eigenvalue weighted by atomic mass is 10.4. The van der Waals surface area contributed by atoms with E-state index in [1.165, 1.54) is 0 Å². The summed E-state index contributed by atoms with van der Waals surface area (Å²) in [4.78, 5) is 9.64. The third kappa shape index (κ3) is 3.85. The summed E-state index contributed by atoms with van der Waals surface area (Å²) in [5, 5.41) is 3.11. The van der Waals surface area contributed by atoms with Crippen LogP contribution in [0.15, 0.2) is 10.5 Å². The molecule has 1 aromatic rings. The lowest BCUT2D eigenvalue weighted by molar-refractivity contribution is 0.702. The highest BCUT2D eigenvalue weighted by molar-refractivity contribution is 7.09. The molecule has 0 aromatic carbocycles. The van der Waals surface area contributed by atoms with Gasteiger partial charge in [-0.05, 0) is 20.8 Å². The van der Waals surface area contributed by atoms with Gasteiger partial charge in [0, 0.05) is 10.9 Å². The van der Waals surface area contributed by atoms with Gasteiger partial charge in [0.05, 0.1) is 17.7 Å². The molecule has 0 spiro atoms. The smallest absolute Gasteiger partial charge is 0.206 e. The minimum Gasteiger partial charge on any atom is -0.353 e. The normalized spacial score (nSPS) is 11.9. The molecule has 0 amide bonds. The summed E-state index contributed by atoms with van der Waals surface area (Å²) in [6, 6.07) is 0.308. The highest BCUT2D eigenvalue weighted by Crippen LogP contribution is 2.12. The minimum atomic E-state index is 0.308. The van der Waals surface area contributed by atoms with Gasteiger partial charge < -0.3 is 5.32 Å². The summed E-state index contributed by atoms with van der Waals surface area (Å²) in [5.41, 5.74) is 5.40. The number of hydrogen-bond donors (Lipinski definition) is 3. The molecular formula is C9H17N5S. The first-order chi connectivity index (χ1) is 7.13. The molecule has 1 aromatic heterocycles. The van der Waals surface area contributed by atoms with Crippen LogP contribution in [-0.2, 0) is 6.54 Å². The molecule has 1 rings (SSSR count). The largest absolute Gasteiger partial charge is 0.353 e. The summed E-state index contributed by atoms with van der Waals surface area (Å²) in [6.07, 6.45) is 0. The molecule has 0 atom stereocenters. The maximum Gasteiger partial charge on any atom is 0.206 e. The van der Waals surface area contributed by atoms with E-state index in [0.717, 1.165) is 10.6 Å². The van der Waals surface area contributed by atoms with Crippen molar-refractivity contribution in [2.45, 2.75) is 33.4 Å². The quantitative estimate of drug-likeness (QED) is 0.308. The summed E-state index contributed by atoms with van der Waals surface area (Å²) < 4.78 is 0. The second-order valence-electron chi connectivity index (χ2n) is 3.47. The Bertz CT molecular complexity index is 331. The van der Waals surface area contributed by atoms with Crippen molar-refractivity contribution in [3.8, 4) is 0 Å². The van der Waals surface area contributed by atoms with E-state index in [4.69, 9.17) is 5.84 Å². The van der Waals surface area contributed by atoms with Crippen LogP contribution in [0.2, 0.25) is 0 Å². The van der Waals surface area contributed by atoms with Crippen molar-refractivity contribution in [2.75, 3.05) is 0 Å². The number of thiazole rings is 1. The second kappa shape index (κ2) is 5.67. The topological polar surface area (TPSA) is 75.3 Å². The minimum absolute atomic E-state index is 0.308. The summed E-state index contributed by atoms with van der Waals surface area (Å²) in [6.45, 7) is 6.65.